The van der Waals surface area contributed by atoms with Gasteiger partial charge in [0.15, 0.2) is 0 Å². The van der Waals surface area contributed by atoms with E-state index in [0.29, 0.717) is 18.0 Å². The first-order valence-corrected chi connectivity index (χ1v) is 4.11. The largest absolute Gasteiger partial charge is 0.493 e. The lowest BCUT2D eigenvalue weighted by Gasteiger charge is -1.98. The zero-order valence-electron chi connectivity index (χ0n) is 7.33. The van der Waals surface area contributed by atoms with Crippen LogP contribution in [0.4, 0.5) is 5.69 Å². The minimum atomic E-state index is 0.611. The van der Waals surface area contributed by atoms with Crippen molar-refractivity contribution in [3.8, 4) is 16.9 Å². The second-order valence-corrected chi connectivity index (χ2v) is 2.72. The molecule has 2 aliphatic rings. The van der Waals surface area contributed by atoms with E-state index in [4.69, 9.17) is 14.9 Å². The van der Waals surface area contributed by atoms with Crippen LogP contribution in [0.25, 0.3) is 11.1 Å². The predicted octanol–water partition coefficient (Wildman–Crippen LogP) is 2.17. The zero-order chi connectivity index (χ0) is 9.26. The van der Waals surface area contributed by atoms with E-state index in [-0.39, 0.29) is 0 Å². The first-order valence-electron chi connectivity index (χ1n) is 4.11. The van der Waals surface area contributed by atoms with Gasteiger partial charge in [-0.3, -0.25) is 0 Å². The molecule has 0 fully saturated rings. The van der Waals surface area contributed by atoms with Gasteiger partial charge in [0, 0.05) is 17.2 Å². The second-order valence-electron chi connectivity index (χ2n) is 2.72. The van der Waals surface area contributed by atoms with Crippen LogP contribution < -0.4 is 10.5 Å². The highest BCUT2D eigenvalue weighted by atomic mass is 16.5. The van der Waals surface area contributed by atoms with E-state index in [2.05, 4.69) is 6.07 Å². The molecule has 0 amide bonds. The summed E-state index contributed by atoms with van der Waals surface area (Å²) >= 11 is 0. The zero-order valence-corrected chi connectivity index (χ0v) is 7.33. The summed E-state index contributed by atoms with van der Waals surface area (Å²) in [7, 11) is 0. The van der Waals surface area contributed by atoms with Gasteiger partial charge in [-0.05, 0) is 13.0 Å². The average Bonchev–Trinajstić information content (AvgIpc) is 2.49. The monoisotopic (exact) mass is 176 g/mol. The average molecular weight is 176 g/mol. The molecule has 2 N–H and O–H groups in total. The smallest absolute Gasteiger partial charge is 0.128 e. The number of fused-ring (bicyclic) bond motifs is 1. The first kappa shape index (κ1) is 7.98. The number of rotatable bonds is 2. The number of anilines is 1. The molecule has 67 valence electrons. The third-order valence-corrected chi connectivity index (χ3v) is 1.82. The minimum absolute atomic E-state index is 0.611. The van der Waals surface area contributed by atoms with Crippen molar-refractivity contribution in [3.05, 3.63) is 24.7 Å². The third-order valence-electron chi connectivity index (χ3n) is 1.82. The van der Waals surface area contributed by atoms with E-state index in [1.165, 1.54) is 6.26 Å². The van der Waals surface area contributed by atoms with Gasteiger partial charge in [-0.25, -0.2) is 0 Å². The summed E-state index contributed by atoms with van der Waals surface area (Å²) in [6.07, 6.45) is 3.11. The number of hydrogen-bond acceptors (Lipinski definition) is 3. The van der Waals surface area contributed by atoms with Gasteiger partial charge in [-0.2, -0.15) is 0 Å². The molecule has 13 heavy (non-hydrogen) atoms. The molecule has 0 saturated carbocycles. The maximum atomic E-state index is 5.70. The van der Waals surface area contributed by atoms with Crippen molar-refractivity contribution < 1.29 is 9.15 Å². The standard InChI is InChI=1S/C10H10NO2/c1-2-13-8-3-7-5-12-6-10(11)9(7)4-8/h4-6H,2,11H2,1H3. The van der Waals surface area contributed by atoms with E-state index >= 15 is 0 Å². The van der Waals surface area contributed by atoms with Gasteiger partial charge >= 0.3 is 0 Å². The molecule has 0 aromatic rings. The lowest BCUT2D eigenvalue weighted by molar-refractivity contribution is 0.341. The fourth-order valence-electron chi connectivity index (χ4n) is 1.25. The predicted molar refractivity (Wildman–Crippen MR) is 49.7 cm³/mol. The summed E-state index contributed by atoms with van der Waals surface area (Å²) < 4.78 is 10.3. The molecule has 0 aromatic heterocycles. The summed E-state index contributed by atoms with van der Waals surface area (Å²) in [6.45, 7) is 2.56. The van der Waals surface area contributed by atoms with Crippen molar-refractivity contribution in [3.63, 3.8) is 0 Å². The fraction of sp³-hybridized carbons (Fsp3) is 0.200. The Bertz CT molecular complexity index is 381. The normalized spacial score (nSPS) is 10.5. The molecule has 1 aliphatic carbocycles. The van der Waals surface area contributed by atoms with E-state index < -0.39 is 0 Å². The summed E-state index contributed by atoms with van der Waals surface area (Å²) in [4.78, 5) is 0. The van der Waals surface area contributed by atoms with Crippen LogP contribution in [0.5, 0.6) is 5.75 Å². The molecule has 3 heteroatoms. The topological polar surface area (TPSA) is 48.4 Å². The Labute approximate surface area is 76.4 Å². The highest BCUT2D eigenvalue weighted by Crippen LogP contribution is 2.34. The summed E-state index contributed by atoms with van der Waals surface area (Å²) in [5.41, 5.74) is 8.08. The van der Waals surface area contributed by atoms with E-state index in [1.54, 1.807) is 6.26 Å². The molecule has 1 heterocycles. The maximum absolute atomic E-state index is 5.70. The molecular formula is C10H10NO2. The van der Waals surface area contributed by atoms with Gasteiger partial charge in [0.05, 0.1) is 18.6 Å². The van der Waals surface area contributed by atoms with Crippen LogP contribution in [-0.2, 0) is 0 Å². The number of nitrogens with two attached hydrogens (primary N) is 1. The number of nitrogen functional groups attached to an aromatic ring is 1. The van der Waals surface area contributed by atoms with Gasteiger partial charge in [0.25, 0.3) is 0 Å². The molecule has 3 nitrogen and oxygen atoms in total. The van der Waals surface area contributed by atoms with Gasteiger partial charge in [-0.15, -0.1) is 0 Å². The Hall–Kier alpha value is -1.64. The van der Waals surface area contributed by atoms with Crippen molar-refractivity contribution in [2.75, 3.05) is 12.3 Å². The van der Waals surface area contributed by atoms with Crippen molar-refractivity contribution >= 4 is 5.69 Å². The molecular weight excluding hydrogens is 166 g/mol. The Morgan fingerprint density at radius 3 is 3.08 bits per heavy atom. The van der Waals surface area contributed by atoms with Crippen LogP contribution in [0.1, 0.15) is 6.92 Å². The second kappa shape index (κ2) is 3.01. The van der Waals surface area contributed by atoms with Gasteiger partial charge < -0.3 is 14.9 Å². The SMILES string of the molecule is CCOc1[c]c2cocc(N)c-2c1. The van der Waals surface area contributed by atoms with Crippen LogP contribution in [-0.4, -0.2) is 6.61 Å². The molecule has 0 bridgehead atoms. The lowest BCUT2D eigenvalue weighted by atomic mass is 10.2. The van der Waals surface area contributed by atoms with Crippen molar-refractivity contribution in [2.45, 2.75) is 6.92 Å². The Balaban J connectivity index is 2.49. The third kappa shape index (κ3) is 1.33. The van der Waals surface area contributed by atoms with Crippen molar-refractivity contribution in [1.82, 2.24) is 0 Å². The van der Waals surface area contributed by atoms with Crippen LogP contribution in [0, 0.1) is 6.07 Å². The first-order chi connectivity index (χ1) is 6.31. The minimum Gasteiger partial charge on any atom is -0.493 e. The van der Waals surface area contributed by atoms with E-state index in [0.717, 1.165) is 11.1 Å². The molecule has 0 atom stereocenters. The van der Waals surface area contributed by atoms with Crippen LogP contribution in [0.3, 0.4) is 0 Å². The molecule has 0 aromatic carbocycles. The van der Waals surface area contributed by atoms with Crippen molar-refractivity contribution in [2.24, 2.45) is 0 Å². The summed E-state index contributed by atoms with van der Waals surface area (Å²) in [5.74, 6) is 0.714. The van der Waals surface area contributed by atoms with E-state index in [1.807, 2.05) is 13.0 Å². The van der Waals surface area contributed by atoms with Gasteiger partial charge in [0.1, 0.15) is 12.0 Å². The van der Waals surface area contributed by atoms with Gasteiger partial charge in [-0.1, -0.05) is 0 Å². The van der Waals surface area contributed by atoms with Crippen LogP contribution in [0.2, 0.25) is 0 Å². The molecule has 0 unspecified atom stereocenters. The van der Waals surface area contributed by atoms with Crippen molar-refractivity contribution in [1.29, 1.82) is 0 Å². The van der Waals surface area contributed by atoms with Gasteiger partial charge in [0.2, 0.25) is 0 Å². The molecule has 2 rings (SSSR count). The highest BCUT2D eigenvalue weighted by Gasteiger charge is 2.11. The molecule has 0 spiro atoms. The highest BCUT2D eigenvalue weighted by molar-refractivity contribution is 5.78. The molecule has 0 saturated heterocycles. The fourth-order valence-corrected chi connectivity index (χ4v) is 1.25. The lowest BCUT2D eigenvalue weighted by Crippen LogP contribution is -1.88. The Morgan fingerprint density at radius 1 is 1.54 bits per heavy atom. The Morgan fingerprint density at radius 2 is 2.38 bits per heavy atom. The maximum Gasteiger partial charge on any atom is 0.128 e. The molecule has 1 aliphatic heterocycles. The Kier molecular flexibility index (Phi) is 1.85. The molecule has 1 radical (unpaired) electrons. The van der Waals surface area contributed by atoms with E-state index in [9.17, 15) is 0 Å². The van der Waals surface area contributed by atoms with Crippen LogP contribution >= 0.6 is 0 Å². The number of ether oxygens (including phenoxy) is 1. The summed E-state index contributed by atoms with van der Waals surface area (Å²) in [5, 5.41) is 0. The quantitative estimate of drug-likeness (QED) is 0.762. The number of hydrogen-bond donors (Lipinski definition) is 1. The summed E-state index contributed by atoms with van der Waals surface area (Å²) in [6, 6.07) is 4.91. The van der Waals surface area contributed by atoms with Crippen LogP contribution in [0.15, 0.2) is 23.0 Å².